The average Bonchev–Trinajstić information content (AvgIpc) is 2.38. The van der Waals surface area contributed by atoms with E-state index in [1.54, 1.807) is 6.20 Å². The number of rotatable bonds is 4. The van der Waals surface area contributed by atoms with Gasteiger partial charge in [-0.15, -0.1) is 0 Å². The maximum atomic E-state index is 12.0. The predicted octanol–water partition coefficient (Wildman–Crippen LogP) is 1.75. The maximum Gasteiger partial charge on any atom is 0.305 e. The van der Waals surface area contributed by atoms with Crippen molar-refractivity contribution in [2.75, 3.05) is 6.54 Å². The first-order valence-corrected chi connectivity index (χ1v) is 5.94. The molecule has 0 aliphatic carbocycles. The molecule has 0 unspecified atom stereocenters. The highest BCUT2D eigenvalue weighted by molar-refractivity contribution is 6.06. The van der Waals surface area contributed by atoms with Gasteiger partial charge >= 0.3 is 5.97 Å². The van der Waals surface area contributed by atoms with Crippen molar-refractivity contribution in [3.63, 3.8) is 0 Å². The topological polar surface area (TPSA) is 79.3 Å². The Morgan fingerprint density at radius 1 is 1.32 bits per heavy atom. The number of aliphatic carboxylic acids is 1. The number of hydrogen-bond acceptors (Lipinski definition) is 3. The van der Waals surface area contributed by atoms with E-state index in [-0.39, 0.29) is 18.9 Å². The number of carboxylic acids is 1. The first-order valence-electron chi connectivity index (χ1n) is 5.94. The minimum absolute atomic E-state index is 0.0954. The molecule has 0 radical (unpaired) electrons. The number of carbonyl (C=O) groups excluding carboxylic acids is 1. The highest BCUT2D eigenvalue weighted by Gasteiger charge is 2.13. The maximum absolute atomic E-state index is 12.0. The van der Waals surface area contributed by atoms with Crippen LogP contribution in [0.25, 0.3) is 10.8 Å². The summed E-state index contributed by atoms with van der Waals surface area (Å²) in [6.07, 6.45) is 1.48. The SMILES string of the molecule is Cc1cccc2ccnc(C(=O)NCCC(=O)O)c12. The van der Waals surface area contributed by atoms with Gasteiger partial charge in [0.1, 0.15) is 5.69 Å². The lowest BCUT2D eigenvalue weighted by Gasteiger charge is -2.08. The second kappa shape index (κ2) is 5.48. The summed E-state index contributed by atoms with van der Waals surface area (Å²) in [6, 6.07) is 7.59. The Morgan fingerprint density at radius 3 is 2.84 bits per heavy atom. The number of carboxylic acid groups (broad SMARTS) is 1. The highest BCUT2D eigenvalue weighted by atomic mass is 16.4. The minimum atomic E-state index is -0.942. The number of benzene rings is 1. The van der Waals surface area contributed by atoms with Gasteiger partial charge in [0.2, 0.25) is 0 Å². The van der Waals surface area contributed by atoms with Gasteiger partial charge in [-0.3, -0.25) is 14.6 Å². The standard InChI is InChI=1S/C14H14N2O3/c1-9-3-2-4-10-5-7-15-13(12(9)10)14(19)16-8-6-11(17)18/h2-5,7H,6,8H2,1H3,(H,16,19)(H,17,18). The Balaban J connectivity index is 2.29. The lowest BCUT2D eigenvalue weighted by Crippen LogP contribution is -2.27. The second-order valence-corrected chi connectivity index (χ2v) is 4.23. The second-order valence-electron chi connectivity index (χ2n) is 4.23. The number of nitrogens with one attached hydrogen (secondary N) is 1. The van der Waals surface area contributed by atoms with Crippen LogP contribution in [0, 0.1) is 6.92 Å². The van der Waals surface area contributed by atoms with Gasteiger partial charge in [0, 0.05) is 18.1 Å². The van der Waals surface area contributed by atoms with Crippen LogP contribution < -0.4 is 5.32 Å². The summed E-state index contributed by atoms with van der Waals surface area (Å²) >= 11 is 0. The van der Waals surface area contributed by atoms with Gasteiger partial charge in [-0.2, -0.15) is 0 Å². The number of carbonyl (C=O) groups is 2. The monoisotopic (exact) mass is 258 g/mol. The Hall–Kier alpha value is -2.43. The molecule has 98 valence electrons. The van der Waals surface area contributed by atoms with Crippen LogP contribution in [0.3, 0.4) is 0 Å². The van der Waals surface area contributed by atoms with Crippen molar-refractivity contribution in [1.29, 1.82) is 0 Å². The van der Waals surface area contributed by atoms with E-state index in [1.165, 1.54) is 0 Å². The summed E-state index contributed by atoms with van der Waals surface area (Å²) < 4.78 is 0. The molecule has 0 fully saturated rings. The minimum Gasteiger partial charge on any atom is -0.481 e. The number of nitrogens with zero attached hydrogens (tertiary/aromatic N) is 1. The summed E-state index contributed by atoms with van der Waals surface area (Å²) in [6.45, 7) is 2.01. The molecule has 0 aliphatic rings. The fourth-order valence-electron chi connectivity index (χ4n) is 1.95. The molecule has 2 N–H and O–H groups in total. The van der Waals surface area contributed by atoms with E-state index < -0.39 is 5.97 Å². The number of hydrogen-bond donors (Lipinski definition) is 2. The van der Waals surface area contributed by atoms with Crippen molar-refractivity contribution in [3.05, 3.63) is 41.7 Å². The highest BCUT2D eigenvalue weighted by Crippen LogP contribution is 2.20. The molecule has 1 amide bonds. The largest absolute Gasteiger partial charge is 0.481 e. The first kappa shape index (κ1) is 13.0. The lowest BCUT2D eigenvalue weighted by molar-refractivity contribution is -0.136. The fraction of sp³-hybridized carbons (Fsp3) is 0.214. The molecule has 2 rings (SSSR count). The summed E-state index contributed by atoms with van der Waals surface area (Å²) in [4.78, 5) is 26.5. The molecule has 1 aromatic carbocycles. The van der Waals surface area contributed by atoms with Gasteiger partial charge in [0.25, 0.3) is 5.91 Å². The van der Waals surface area contributed by atoms with Gasteiger partial charge in [-0.25, -0.2) is 0 Å². The normalized spacial score (nSPS) is 10.4. The molecule has 0 spiro atoms. The molecule has 0 atom stereocenters. The van der Waals surface area contributed by atoms with E-state index in [9.17, 15) is 9.59 Å². The van der Waals surface area contributed by atoms with Gasteiger partial charge < -0.3 is 10.4 Å². The smallest absolute Gasteiger partial charge is 0.305 e. The number of pyridine rings is 1. The van der Waals surface area contributed by atoms with Crippen LogP contribution in [-0.4, -0.2) is 28.5 Å². The van der Waals surface area contributed by atoms with Crippen molar-refractivity contribution in [1.82, 2.24) is 10.3 Å². The first-order chi connectivity index (χ1) is 9.09. The van der Waals surface area contributed by atoms with E-state index in [1.807, 2.05) is 31.2 Å². The zero-order valence-corrected chi connectivity index (χ0v) is 10.5. The summed E-state index contributed by atoms with van der Waals surface area (Å²) in [5.41, 5.74) is 1.30. The average molecular weight is 258 g/mol. The van der Waals surface area contributed by atoms with Crippen LogP contribution in [0.15, 0.2) is 30.5 Å². The third-order valence-corrected chi connectivity index (χ3v) is 2.84. The molecule has 0 saturated carbocycles. The van der Waals surface area contributed by atoms with Crippen LogP contribution in [0.1, 0.15) is 22.5 Å². The Bertz CT molecular complexity index is 632. The number of aromatic nitrogens is 1. The number of amides is 1. The Labute approximate surface area is 110 Å². The van der Waals surface area contributed by atoms with Crippen LogP contribution in [0.2, 0.25) is 0 Å². The Morgan fingerprint density at radius 2 is 2.11 bits per heavy atom. The van der Waals surface area contributed by atoms with E-state index in [0.29, 0.717) is 5.69 Å². The zero-order valence-electron chi connectivity index (χ0n) is 10.5. The summed E-state index contributed by atoms with van der Waals surface area (Å²) in [7, 11) is 0. The van der Waals surface area contributed by atoms with Crippen molar-refractivity contribution in [2.24, 2.45) is 0 Å². The van der Waals surface area contributed by atoms with E-state index in [2.05, 4.69) is 10.3 Å². The lowest BCUT2D eigenvalue weighted by atomic mass is 10.0. The molecular formula is C14H14N2O3. The molecule has 1 aromatic heterocycles. The van der Waals surface area contributed by atoms with Crippen LogP contribution in [-0.2, 0) is 4.79 Å². The Kier molecular flexibility index (Phi) is 3.75. The molecular weight excluding hydrogens is 244 g/mol. The molecule has 2 aromatic rings. The van der Waals surface area contributed by atoms with Gasteiger partial charge in [0.05, 0.1) is 6.42 Å². The summed E-state index contributed by atoms with van der Waals surface area (Å²) in [5.74, 6) is -1.29. The molecule has 1 heterocycles. The molecule has 0 aliphatic heterocycles. The quantitative estimate of drug-likeness (QED) is 0.875. The van der Waals surface area contributed by atoms with Crippen molar-refractivity contribution >= 4 is 22.6 Å². The molecule has 5 nitrogen and oxygen atoms in total. The van der Waals surface area contributed by atoms with Crippen molar-refractivity contribution < 1.29 is 14.7 Å². The molecule has 5 heteroatoms. The third kappa shape index (κ3) is 2.88. The van der Waals surface area contributed by atoms with Gasteiger partial charge in [0.15, 0.2) is 0 Å². The van der Waals surface area contributed by atoms with E-state index in [4.69, 9.17) is 5.11 Å². The van der Waals surface area contributed by atoms with Crippen molar-refractivity contribution in [2.45, 2.75) is 13.3 Å². The van der Waals surface area contributed by atoms with Crippen LogP contribution in [0.4, 0.5) is 0 Å². The molecule has 0 bridgehead atoms. The zero-order chi connectivity index (χ0) is 13.8. The number of fused-ring (bicyclic) bond motifs is 1. The van der Waals surface area contributed by atoms with E-state index in [0.717, 1.165) is 16.3 Å². The van der Waals surface area contributed by atoms with Crippen LogP contribution >= 0.6 is 0 Å². The third-order valence-electron chi connectivity index (χ3n) is 2.84. The fourth-order valence-corrected chi connectivity index (χ4v) is 1.95. The van der Waals surface area contributed by atoms with Crippen molar-refractivity contribution in [3.8, 4) is 0 Å². The van der Waals surface area contributed by atoms with Crippen LogP contribution in [0.5, 0.6) is 0 Å². The number of aryl methyl sites for hydroxylation is 1. The van der Waals surface area contributed by atoms with E-state index >= 15 is 0 Å². The summed E-state index contributed by atoms with van der Waals surface area (Å²) in [5, 5.41) is 12.9. The van der Waals surface area contributed by atoms with Gasteiger partial charge in [-0.1, -0.05) is 18.2 Å². The van der Waals surface area contributed by atoms with Gasteiger partial charge in [-0.05, 0) is 23.9 Å². The molecule has 19 heavy (non-hydrogen) atoms. The predicted molar refractivity (Wildman–Crippen MR) is 71.1 cm³/mol. The molecule has 0 saturated heterocycles.